The first kappa shape index (κ1) is 34.8. The number of rotatable bonds is 16. The first-order valence-corrected chi connectivity index (χ1v) is 14.9. The molecule has 0 bridgehead atoms. The molecule has 6 N–H and O–H groups in total. The van der Waals surface area contributed by atoms with Crippen molar-refractivity contribution in [1.82, 2.24) is 5.32 Å². The number of aliphatic hydroxyl groups excluding tert-OH is 2. The van der Waals surface area contributed by atoms with E-state index in [4.69, 9.17) is 23.6 Å². The van der Waals surface area contributed by atoms with Crippen molar-refractivity contribution >= 4 is 27.5 Å². The number of allylic oxidation sites excluding steroid dienone is 2. The molecule has 0 aromatic carbocycles. The molecule has 1 aliphatic rings. The van der Waals surface area contributed by atoms with Gasteiger partial charge >= 0.3 is 21.6 Å². The van der Waals surface area contributed by atoms with Crippen LogP contribution < -0.4 is 5.32 Å². The van der Waals surface area contributed by atoms with Crippen LogP contribution in [0.15, 0.2) is 11.6 Å². The Balaban J connectivity index is 2.94. The van der Waals surface area contributed by atoms with E-state index in [0.717, 1.165) is 32.3 Å². The van der Waals surface area contributed by atoms with Gasteiger partial charge in [-0.25, -0.2) is 13.9 Å². The normalized spacial score (nSPS) is 28.4. The summed E-state index contributed by atoms with van der Waals surface area (Å²) in [4.78, 5) is 43.1. The molecule has 0 aliphatic carbocycles. The van der Waals surface area contributed by atoms with Crippen molar-refractivity contribution in [2.75, 3.05) is 13.2 Å². The number of ether oxygens (including phenoxy) is 2. The molecule has 1 saturated heterocycles. The van der Waals surface area contributed by atoms with E-state index >= 15 is 0 Å². The highest BCUT2D eigenvalue weighted by Crippen LogP contribution is 2.61. The third-order valence-corrected chi connectivity index (χ3v) is 8.09. The standard InChI is InChI=1S/C21H39NO14P2/c1-12(2)7-6-8-13(3)9-10-32-37(28,29)36-38(30,31)35-21-17(22-15(5)24)19(33-14(4)20(26)27)18(25)16(11-23)34-21/h7,13-14,16-19,21,23,25H,6,8-11H2,1-5H3,(H,22,24)(H,26,27)(H,28,29)(H,30,31)/t13-,14-,16-,17-,18-,19-,21-/m1/s1. The first-order chi connectivity index (χ1) is 17.5. The SMILES string of the molecule is CC(=O)N[C@H]1[C@@H](OP(=O)(O)OP(=O)(O)OCC[C@H](C)CCC=C(C)C)O[C@H](CO)[C@@H](O)[C@@H]1O[C@H](C)C(=O)O. The Labute approximate surface area is 221 Å². The zero-order valence-electron chi connectivity index (χ0n) is 22.0. The van der Waals surface area contributed by atoms with E-state index in [-0.39, 0.29) is 12.5 Å². The van der Waals surface area contributed by atoms with Gasteiger partial charge in [-0.3, -0.25) is 13.8 Å². The minimum absolute atomic E-state index is 0.115. The summed E-state index contributed by atoms with van der Waals surface area (Å²) in [5, 5.41) is 31.4. The summed E-state index contributed by atoms with van der Waals surface area (Å²) in [5.41, 5.74) is 1.16. The van der Waals surface area contributed by atoms with Gasteiger partial charge in [0.2, 0.25) is 5.91 Å². The molecule has 0 aromatic rings. The fourth-order valence-corrected chi connectivity index (χ4v) is 5.64. The minimum Gasteiger partial charge on any atom is -0.479 e. The van der Waals surface area contributed by atoms with Gasteiger partial charge in [0.25, 0.3) is 0 Å². The predicted molar refractivity (Wildman–Crippen MR) is 132 cm³/mol. The smallest absolute Gasteiger partial charge is 0.479 e. The Morgan fingerprint density at radius 3 is 2.26 bits per heavy atom. The van der Waals surface area contributed by atoms with Crippen LogP contribution in [0.4, 0.5) is 0 Å². The molecule has 2 unspecified atom stereocenters. The summed E-state index contributed by atoms with van der Waals surface area (Å²) >= 11 is 0. The number of phosphoric acid groups is 2. The van der Waals surface area contributed by atoms with E-state index in [1.807, 2.05) is 20.8 Å². The molecule has 0 aromatic heterocycles. The Morgan fingerprint density at radius 2 is 1.74 bits per heavy atom. The molecule has 0 saturated carbocycles. The van der Waals surface area contributed by atoms with Gasteiger partial charge in [0.05, 0.1) is 13.2 Å². The number of carbonyl (C=O) groups is 2. The summed E-state index contributed by atoms with van der Waals surface area (Å²) < 4.78 is 49.4. The van der Waals surface area contributed by atoms with E-state index in [1.165, 1.54) is 0 Å². The van der Waals surface area contributed by atoms with Gasteiger partial charge < -0.3 is 39.9 Å². The molecule has 0 spiro atoms. The van der Waals surface area contributed by atoms with Crippen LogP contribution in [0.3, 0.4) is 0 Å². The minimum atomic E-state index is -5.45. The van der Waals surface area contributed by atoms with Crippen molar-refractivity contribution in [1.29, 1.82) is 0 Å². The quantitative estimate of drug-likeness (QED) is 0.110. The number of carboxylic acids is 1. The lowest BCUT2D eigenvalue weighted by atomic mass is 9.96. The molecule has 0 radical (unpaired) electrons. The number of hydrogen-bond donors (Lipinski definition) is 6. The molecule has 9 atom stereocenters. The fraction of sp³-hybridized carbons (Fsp3) is 0.810. The second-order valence-electron chi connectivity index (χ2n) is 9.23. The van der Waals surface area contributed by atoms with Crippen molar-refractivity contribution in [3.05, 3.63) is 11.6 Å². The van der Waals surface area contributed by atoms with Crippen LogP contribution >= 0.6 is 15.6 Å². The molecule has 1 aliphatic heterocycles. The number of amides is 1. The number of nitrogens with one attached hydrogen (secondary N) is 1. The van der Waals surface area contributed by atoms with Crippen molar-refractivity contribution in [3.8, 4) is 0 Å². The van der Waals surface area contributed by atoms with Crippen LogP contribution in [-0.4, -0.2) is 86.9 Å². The monoisotopic (exact) mass is 591 g/mol. The van der Waals surface area contributed by atoms with E-state index in [1.54, 1.807) is 0 Å². The largest absolute Gasteiger partial charge is 0.483 e. The van der Waals surface area contributed by atoms with E-state index in [2.05, 4.69) is 15.7 Å². The van der Waals surface area contributed by atoms with Crippen LogP contribution in [-0.2, 0) is 41.6 Å². The highest BCUT2D eigenvalue weighted by Gasteiger charge is 2.51. The zero-order valence-corrected chi connectivity index (χ0v) is 23.7. The van der Waals surface area contributed by atoms with Crippen LogP contribution in [0.1, 0.15) is 53.9 Å². The average molecular weight is 591 g/mol. The Kier molecular flexibility index (Phi) is 14.2. The second kappa shape index (κ2) is 15.5. The number of aliphatic hydroxyl groups is 2. The molecule has 38 heavy (non-hydrogen) atoms. The molecule has 17 heteroatoms. The van der Waals surface area contributed by atoms with E-state index in [9.17, 15) is 38.7 Å². The molecule has 1 heterocycles. The summed E-state index contributed by atoms with van der Waals surface area (Å²) in [6, 6.07) is -1.60. The molecule has 1 amide bonds. The van der Waals surface area contributed by atoms with Gasteiger partial charge in [-0.05, 0) is 46.0 Å². The molecule has 15 nitrogen and oxygen atoms in total. The van der Waals surface area contributed by atoms with Crippen LogP contribution in [0.25, 0.3) is 0 Å². The third-order valence-electron chi connectivity index (χ3n) is 5.45. The Bertz CT molecular complexity index is 910. The van der Waals surface area contributed by atoms with Gasteiger partial charge in [0.1, 0.15) is 24.4 Å². The van der Waals surface area contributed by atoms with Crippen molar-refractivity contribution in [3.63, 3.8) is 0 Å². The third kappa shape index (κ3) is 12.3. The lowest BCUT2D eigenvalue weighted by Gasteiger charge is -2.44. The fourth-order valence-electron chi connectivity index (χ4n) is 3.48. The van der Waals surface area contributed by atoms with Crippen molar-refractivity contribution < 1.29 is 66.7 Å². The van der Waals surface area contributed by atoms with Gasteiger partial charge in [-0.1, -0.05) is 18.6 Å². The molecule has 1 fully saturated rings. The van der Waals surface area contributed by atoms with E-state index < -0.39 is 70.9 Å². The topological polar surface area (TPSA) is 228 Å². The lowest BCUT2D eigenvalue weighted by molar-refractivity contribution is -0.262. The van der Waals surface area contributed by atoms with Gasteiger partial charge in [0, 0.05) is 6.92 Å². The summed E-state index contributed by atoms with van der Waals surface area (Å²) in [6.07, 6.45) is -4.32. The highest BCUT2D eigenvalue weighted by atomic mass is 31.3. The summed E-state index contributed by atoms with van der Waals surface area (Å²) in [7, 11) is -10.6. The number of aliphatic carboxylic acids is 1. The van der Waals surface area contributed by atoms with Gasteiger partial charge in [-0.15, -0.1) is 0 Å². The molecular formula is C21H39NO14P2. The highest BCUT2D eigenvalue weighted by molar-refractivity contribution is 7.61. The number of carboxylic acid groups (broad SMARTS) is 1. The number of phosphoric ester groups is 2. The maximum Gasteiger partial charge on any atom is 0.483 e. The summed E-state index contributed by atoms with van der Waals surface area (Å²) in [5.74, 6) is -2.06. The van der Waals surface area contributed by atoms with Crippen molar-refractivity contribution in [2.24, 2.45) is 5.92 Å². The average Bonchev–Trinajstić information content (AvgIpc) is 2.76. The van der Waals surface area contributed by atoms with Gasteiger partial charge in [-0.2, -0.15) is 4.31 Å². The maximum absolute atomic E-state index is 12.6. The second-order valence-corrected chi connectivity index (χ2v) is 12.2. The Morgan fingerprint density at radius 1 is 1.11 bits per heavy atom. The molecule has 1 rings (SSSR count). The number of carbonyl (C=O) groups excluding carboxylic acids is 1. The maximum atomic E-state index is 12.6. The number of hydrogen-bond acceptors (Lipinski definition) is 11. The van der Waals surface area contributed by atoms with E-state index in [0.29, 0.717) is 6.42 Å². The Hall–Kier alpha value is -1.22. The zero-order chi connectivity index (χ0) is 29.3. The first-order valence-electron chi connectivity index (χ1n) is 11.9. The molecule has 222 valence electrons. The predicted octanol–water partition coefficient (Wildman–Crippen LogP) is 1.45. The van der Waals surface area contributed by atoms with Gasteiger partial charge in [0.15, 0.2) is 12.4 Å². The molecular weight excluding hydrogens is 552 g/mol. The summed E-state index contributed by atoms with van der Waals surface area (Å²) in [6.45, 7) is 6.89. The van der Waals surface area contributed by atoms with Crippen molar-refractivity contribution in [2.45, 2.75) is 90.6 Å². The lowest BCUT2D eigenvalue weighted by Crippen LogP contribution is -2.65. The van der Waals surface area contributed by atoms with Crippen LogP contribution in [0.2, 0.25) is 0 Å². The van der Waals surface area contributed by atoms with Crippen LogP contribution in [0.5, 0.6) is 0 Å². The van der Waals surface area contributed by atoms with Crippen LogP contribution in [0, 0.1) is 5.92 Å².